The minimum Gasteiger partial charge on any atom is -0.370 e. The number of rotatable bonds is 7. The third kappa shape index (κ3) is 4.16. The Bertz CT molecular complexity index is 842. The van der Waals surface area contributed by atoms with Gasteiger partial charge in [-0.3, -0.25) is 19.4 Å². The summed E-state index contributed by atoms with van der Waals surface area (Å²) in [4.78, 5) is 40.9. The van der Waals surface area contributed by atoms with Crippen molar-refractivity contribution < 1.29 is 22.8 Å². The number of pyridine rings is 1. The number of amides is 2. The zero-order valence-corrected chi connectivity index (χ0v) is 15.5. The molecule has 10 heteroatoms. The van der Waals surface area contributed by atoms with E-state index in [1.165, 1.54) is 21.8 Å². The first kappa shape index (κ1) is 19.4. The van der Waals surface area contributed by atoms with E-state index in [2.05, 4.69) is 4.98 Å². The second-order valence-corrected chi connectivity index (χ2v) is 8.59. The summed E-state index contributed by atoms with van der Waals surface area (Å²) < 4.78 is 26.8. The SMILES string of the molecule is NC(=O)CC[CH]C(=O)N1CCC2C1C(=O)CN2S(=O)(=O)Cc1cccnc1. The highest BCUT2D eigenvalue weighted by Crippen LogP contribution is 2.33. The molecule has 0 bridgehead atoms. The van der Waals surface area contributed by atoms with Crippen LogP contribution in [0.5, 0.6) is 0 Å². The molecular formula is C17H21N4O5S. The van der Waals surface area contributed by atoms with Crippen LogP contribution < -0.4 is 5.73 Å². The summed E-state index contributed by atoms with van der Waals surface area (Å²) in [5.74, 6) is -1.41. The van der Waals surface area contributed by atoms with Gasteiger partial charge in [-0.2, -0.15) is 4.31 Å². The number of fused-ring (bicyclic) bond motifs is 1. The molecule has 27 heavy (non-hydrogen) atoms. The standard InChI is InChI=1S/C17H21N4O5S/c18-15(23)4-1-5-16(24)20-8-6-13-17(20)14(22)10-21(13)27(25,26)11-12-3-2-7-19-9-12/h2-3,5,7,9,13,17H,1,4,6,8,10-11H2,(H2,18,23). The van der Waals surface area contributed by atoms with Crippen molar-refractivity contribution in [3.05, 3.63) is 36.5 Å². The van der Waals surface area contributed by atoms with E-state index in [0.29, 0.717) is 18.5 Å². The first-order valence-electron chi connectivity index (χ1n) is 8.63. The molecular weight excluding hydrogens is 372 g/mol. The summed E-state index contributed by atoms with van der Waals surface area (Å²) in [6, 6.07) is 2.00. The van der Waals surface area contributed by atoms with Crippen molar-refractivity contribution in [2.75, 3.05) is 13.1 Å². The molecule has 1 aromatic heterocycles. The van der Waals surface area contributed by atoms with Crippen LogP contribution in [0.25, 0.3) is 0 Å². The molecule has 0 aliphatic carbocycles. The van der Waals surface area contributed by atoms with Gasteiger partial charge in [0.15, 0.2) is 5.78 Å². The average Bonchev–Trinajstić information content (AvgIpc) is 3.17. The second kappa shape index (κ2) is 7.73. The summed E-state index contributed by atoms with van der Waals surface area (Å²) in [7, 11) is -3.71. The zero-order valence-electron chi connectivity index (χ0n) is 14.7. The van der Waals surface area contributed by atoms with Gasteiger partial charge in [0.1, 0.15) is 6.04 Å². The van der Waals surface area contributed by atoms with Crippen LogP contribution in [0.3, 0.4) is 0 Å². The van der Waals surface area contributed by atoms with Crippen molar-refractivity contribution in [3.8, 4) is 0 Å². The van der Waals surface area contributed by atoms with Crippen LogP contribution in [0, 0.1) is 6.42 Å². The van der Waals surface area contributed by atoms with E-state index < -0.39 is 28.0 Å². The molecule has 0 saturated carbocycles. The maximum atomic E-state index is 12.8. The van der Waals surface area contributed by atoms with E-state index in [9.17, 15) is 22.8 Å². The van der Waals surface area contributed by atoms with Crippen LogP contribution in [0.1, 0.15) is 24.8 Å². The van der Waals surface area contributed by atoms with Gasteiger partial charge in [0.25, 0.3) is 0 Å². The number of nitrogens with two attached hydrogens (primary N) is 1. The zero-order chi connectivity index (χ0) is 19.6. The summed E-state index contributed by atoms with van der Waals surface area (Å²) in [6.45, 7) is 0.0644. The lowest BCUT2D eigenvalue weighted by atomic mass is 10.1. The molecule has 2 amide bonds. The van der Waals surface area contributed by atoms with E-state index in [1.807, 2.05) is 0 Å². The topological polar surface area (TPSA) is 131 Å². The van der Waals surface area contributed by atoms with Crippen molar-refractivity contribution in [1.82, 2.24) is 14.2 Å². The van der Waals surface area contributed by atoms with E-state index in [-0.39, 0.29) is 36.8 Å². The van der Waals surface area contributed by atoms with Crippen LogP contribution in [0.4, 0.5) is 0 Å². The fourth-order valence-corrected chi connectivity index (χ4v) is 5.33. The number of carbonyl (C=O) groups excluding carboxylic acids is 3. The molecule has 2 aliphatic heterocycles. The molecule has 2 unspecified atom stereocenters. The van der Waals surface area contributed by atoms with Gasteiger partial charge in [-0.25, -0.2) is 8.42 Å². The van der Waals surface area contributed by atoms with E-state index in [0.717, 1.165) is 0 Å². The van der Waals surface area contributed by atoms with Crippen LogP contribution in [0.15, 0.2) is 24.5 Å². The fraction of sp³-hybridized carbons (Fsp3) is 0.471. The molecule has 1 aromatic rings. The highest BCUT2D eigenvalue weighted by molar-refractivity contribution is 7.88. The van der Waals surface area contributed by atoms with E-state index >= 15 is 0 Å². The summed E-state index contributed by atoms with van der Waals surface area (Å²) in [6.07, 6.45) is 5.00. The lowest BCUT2D eigenvalue weighted by Gasteiger charge is -2.24. The third-order valence-electron chi connectivity index (χ3n) is 4.80. The van der Waals surface area contributed by atoms with Gasteiger partial charge in [-0.05, 0) is 24.5 Å². The molecule has 2 fully saturated rings. The largest absolute Gasteiger partial charge is 0.370 e. The molecule has 9 nitrogen and oxygen atoms in total. The first-order valence-corrected chi connectivity index (χ1v) is 10.2. The molecule has 0 aromatic carbocycles. The average molecular weight is 393 g/mol. The van der Waals surface area contributed by atoms with Crippen molar-refractivity contribution in [2.45, 2.75) is 37.1 Å². The lowest BCUT2D eigenvalue weighted by molar-refractivity contribution is -0.133. The number of Topliss-reactive ketones (excluding diaryl/α,β-unsaturated/α-hetero) is 1. The maximum Gasteiger partial charge on any atom is 0.227 e. The Hall–Kier alpha value is -2.33. The number of nitrogens with zero attached hydrogens (tertiary/aromatic N) is 3. The van der Waals surface area contributed by atoms with Crippen molar-refractivity contribution in [2.24, 2.45) is 5.73 Å². The predicted molar refractivity (Wildman–Crippen MR) is 95.2 cm³/mol. The van der Waals surface area contributed by atoms with Gasteiger partial charge >= 0.3 is 0 Å². The Kier molecular flexibility index (Phi) is 5.56. The smallest absolute Gasteiger partial charge is 0.227 e. The highest BCUT2D eigenvalue weighted by Gasteiger charge is 2.53. The molecule has 2 aliphatic rings. The predicted octanol–water partition coefficient (Wildman–Crippen LogP) is -0.765. The van der Waals surface area contributed by atoms with Crippen molar-refractivity contribution >= 4 is 27.6 Å². The molecule has 2 saturated heterocycles. The number of carbonyl (C=O) groups is 3. The first-order chi connectivity index (χ1) is 12.8. The van der Waals surface area contributed by atoms with Crippen LogP contribution in [-0.2, 0) is 30.2 Å². The van der Waals surface area contributed by atoms with Gasteiger partial charge in [0.2, 0.25) is 21.8 Å². The van der Waals surface area contributed by atoms with Gasteiger partial charge in [0, 0.05) is 25.4 Å². The second-order valence-electron chi connectivity index (χ2n) is 6.67. The number of hydrogen-bond donors (Lipinski definition) is 1. The third-order valence-corrected chi connectivity index (χ3v) is 6.61. The summed E-state index contributed by atoms with van der Waals surface area (Å²) in [5.41, 5.74) is 5.59. The number of aromatic nitrogens is 1. The highest BCUT2D eigenvalue weighted by atomic mass is 32.2. The van der Waals surface area contributed by atoms with Crippen LogP contribution in [-0.4, -0.2) is 65.4 Å². The Labute approximate surface area is 157 Å². The minimum atomic E-state index is -3.71. The monoisotopic (exact) mass is 393 g/mol. The number of primary amides is 1. The number of likely N-dealkylation sites (tertiary alicyclic amines) is 1. The molecule has 3 rings (SSSR count). The number of ketones is 1. The van der Waals surface area contributed by atoms with E-state index in [1.54, 1.807) is 18.3 Å². The molecule has 2 atom stereocenters. The summed E-state index contributed by atoms with van der Waals surface area (Å²) >= 11 is 0. The van der Waals surface area contributed by atoms with Gasteiger partial charge in [-0.15, -0.1) is 0 Å². The van der Waals surface area contributed by atoms with Gasteiger partial charge in [-0.1, -0.05) is 6.07 Å². The van der Waals surface area contributed by atoms with Crippen LogP contribution >= 0.6 is 0 Å². The fourth-order valence-electron chi connectivity index (χ4n) is 3.61. The van der Waals surface area contributed by atoms with Crippen molar-refractivity contribution in [1.29, 1.82) is 0 Å². The lowest BCUT2D eigenvalue weighted by Crippen LogP contribution is -2.43. The number of sulfonamides is 1. The molecule has 2 N–H and O–H groups in total. The minimum absolute atomic E-state index is 0.0488. The maximum absolute atomic E-state index is 12.8. The quantitative estimate of drug-likeness (QED) is 0.648. The molecule has 145 valence electrons. The van der Waals surface area contributed by atoms with E-state index in [4.69, 9.17) is 5.73 Å². The Balaban J connectivity index is 1.69. The number of hydrogen-bond acceptors (Lipinski definition) is 6. The van der Waals surface area contributed by atoms with Crippen LogP contribution in [0.2, 0.25) is 0 Å². The molecule has 0 spiro atoms. The molecule has 1 radical (unpaired) electrons. The Morgan fingerprint density at radius 3 is 2.81 bits per heavy atom. The van der Waals surface area contributed by atoms with Gasteiger partial charge < -0.3 is 10.6 Å². The molecule has 3 heterocycles. The van der Waals surface area contributed by atoms with Gasteiger partial charge in [0.05, 0.1) is 24.8 Å². The Morgan fingerprint density at radius 1 is 1.37 bits per heavy atom. The normalized spacial score (nSPS) is 22.8. The van der Waals surface area contributed by atoms with Crippen molar-refractivity contribution in [3.63, 3.8) is 0 Å². The summed E-state index contributed by atoms with van der Waals surface area (Å²) in [5, 5.41) is 0. The Morgan fingerprint density at radius 2 is 2.15 bits per heavy atom.